The molecule has 0 spiro atoms. The standard InChI is InChI=1S/C12H11BrN2O2S/c1-8-4-10(2-3-11(8)15(16)17)14-6-9-5-12(13)18-7-9/h2-5,7,14H,6H2,1H3. The van der Waals surface area contributed by atoms with Crippen LogP contribution in [0.3, 0.4) is 0 Å². The van der Waals surface area contributed by atoms with Crippen LogP contribution in [0.1, 0.15) is 11.1 Å². The van der Waals surface area contributed by atoms with Crippen molar-refractivity contribution >= 4 is 38.6 Å². The van der Waals surface area contributed by atoms with Crippen molar-refractivity contribution in [3.05, 3.63) is 54.7 Å². The van der Waals surface area contributed by atoms with Crippen LogP contribution in [0.5, 0.6) is 0 Å². The third-order valence-electron chi connectivity index (χ3n) is 2.51. The highest BCUT2D eigenvalue weighted by molar-refractivity contribution is 9.11. The zero-order valence-corrected chi connectivity index (χ0v) is 12.0. The van der Waals surface area contributed by atoms with Crippen LogP contribution >= 0.6 is 27.3 Å². The summed E-state index contributed by atoms with van der Waals surface area (Å²) in [5.74, 6) is 0. The quantitative estimate of drug-likeness (QED) is 0.671. The number of halogens is 1. The van der Waals surface area contributed by atoms with E-state index in [1.807, 2.05) is 0 Å². The van der Waals surface area contributed by atoms with E-state index in [0.29, 0.717) is 12.1 Å². The summed E-state index contributed by atoms with van der Waals surface area (Å²) < 4.78 is 1.10. The molecule has 0 bridgehead atoms. The lowest BCUT2D eigenvalue weighted by Gasteiger charge is -2.06. The molecule has 0 unspecified atom stereocenters. The lowest BCUT2D eigenvalue weighted by Crippen LogP contribution is -1.99. The molecule has 6 heteroatoms. The van der Waals surface area contributed by atoms with Crippen molar-refractivity contribution in [3.8, 4) is 0 Å². The van der Waals surface area contributed by atoms with Crippen LogP contribution in [-0.4, -0.2) is 4.92 Å². The Morgan fingerprint density at radius 2 is 2.22 bits per heavy atom. The first kappa shape index (κ1) is 13.0. The maximum atomic E-state index is 10.7. The summed E-state index contributed by atoms with van der Waals surface area (Å²) in [5.41, 5.74) is 2.89. The second-order valence-electron chi connectivity index (χ2n) is 3.87. The number of nitro benzene ring substituents is 1. The van der Waals surface area contributed by atoms with E-state index in [1.165, 1.54) is 11.6 Å². The third kappa shape index (κ3) is 3.08. The van der Waals surface area contributed by atoms with Crippen LogP contribution in [0.4, 0.5) is 11.4 Å². The lowest BCUT2D eigenvalue weighted by molar-refractivity contribution is -0.385. The van der Waals surface area contributed by atoms with Gasteiger partial charge >= 0.3 is 0 Å². The molecule has 0 saturated carbocycles. The van der Waals surface area contributed by atoms with Gasteiger partial charge in [0.05, 0.1) is 8.71 Å². The molecule has 0 aliphatic carbocycles. The molecule has 0 aliphatic heterocycles. The van der Waals surface area contributed by atoms with E-state index < -0.39 is 0 Å². The summed E-state index contributed by atoms with van der Waals surface area (Å²) in [5, 5.41) is 16.0. The Kier molecular flexibility index (Phi) is 3.98. The molecular weight excluding hydrogens is 316 g/mol. The van der Waals surface area contributed by atoms with Gasteiger partial charge in [0, 0.05) is 23.9 Å². The third-order valence-corrected chi connectivity index (χ3v) is 4.07. The molecule has 4 nitrogen and oxygen atoms in total. The smallest absolute Gasteiger partial charge is 0.272 e. The average molecular weight is 327 g/mol. The van der Waals surface area contributed by atoms with E-state index in [1.54, 1.807) is 30.4 Å². The van der Waals surface area contributed by atoms with Gasteiger partial charge in [-0.15, -0.1) is 11.3 Å². The highest BCUT2D eigenvalue weighted by atomic mass is 79.9. The monoisotopic (exact) mass is 326 g/mol. The van der Waals surface area contributed by atoms with Gasteiger partial charge in [-0.2, -0.15) is 0 Å². The van der Waals surface area contributed by atoms with Crippen LogP contribution < -0.4 is 5.32 Å². The maximum Gasteiger partial charge on any atom is 0.272 e. The molecule has 0 amide bonds. The van der Waals surface area contributed by atoms with E-state index >= 15 is 0 Å². The van der Waals surface area contributed by atoms with Gasteiger partial charge in [0.15, 0.2) is 0 Å². The number of rotatable bonds is 4. The van der Waals surface area contributed by atoms with Crippen molar-refractivity contribution in [2.45, 2.75) is 13.5 Å². The van der Waals surface area contributed by atoms with Gasteiger partial charge in [0.1, 0.15) is 0 Å². The van der Waals surface area contributed by atoms with E-state index in [-0.39, 0.29) is 10.6 Å². The molecule has 0 radical (unpaired) electrons. The van der Waals surface area contributed by atoms with Crippen molar-refractivity contribution in [2.24, 2.45) is 0 Å². The highest BCUT2D eigenvalue weighted by Crippen LogP contribution is 2.24. The normalized spacial score (nSPS) is 10.3. The number of hydrogen-bond acceptors (Lipinski definition) is 4. The van der Waals surface area contributed by atoms with Gasteiger partial charge in [-0.05, 0) is 52.0 Å². The van der Waals surface area contributed by atoms with Gasteiger partial charge in [-0.1, -0.05) is 0 Å². The fourth-order valence-electron chi connectivity index (χ4n) is 1.61. The van der Waals surface area contributed by atoms with Gasteiger partial charge in [-0.25, -0.2) is 0 Å². The molecule has 1 heterocycles. The minimum Gasteiger partial charge on any atom is -0.381 e. The largest absolute Gasteiger partial charge is 0.381 e. The van der Waals surface area contributed by atoms with Crippen molar-refractivity contribution in [1.29, 1.82) is 0 Å². The van der Waals surface area contributed by atoms with Crippen molar-refractivity contribution in [3.63, 3.8) is 0 Å². The molecule has 2 aromatic rings. The predicted octanol–water partition coefficient (Wildman–Crippen LogP) is 4.34. The molecule has 1 aromatic heterocycles. The Morgan fingerprint density at radius 1 is 1.44 bits per heavy atom. The molecule has 18 heavy (non-hydrogen) atoms. The fraction of sp³-hybridized carbons (Fsp3) is 0.167. The first-order valence-electron chi connectivity index (χ1n) is 5.28. The van der Waals surface area contributed by atoms with Crippen LogP contribution in [-0.2, 0) is 6.54 Å². The number of nitro groups is 1. The highest BCUT2D eigenvalue weighted by Gasteiger charge is 2.09. The van der Waals surface area contributed by atoms with E-state index in [2.05, 4.69) is 32.7 Å². The number of aryl methyl sites for hydroxylation is 1. The van der Waals surface area contributed by atoms with Crippen molar-refractivity contribution in [1.82, 2.24) is 0 Å². The lowest BCUT2D eigenvalue weighted by atomic mass is 10.2. The zero-order valence-electron chi connectivity index (χ0n) is 9.64. The van der Waals surface area contributed by atoms with Crippen molar-refractivity contribution in [2.75, 3.05) is 5.32 Å². The molecule has 1 aromatic carbocycles. The van der Waals surface area contributed by atoms with Crippen LogP contribution in [0.2, 0.25) is 0 Å². The van der Waals surface area contributed by atoms with Crippen LogP contribution in [0.15, 0.2) is 33.4 Å². The summed E-state index contributed by atoms with van der Waals surface area (Å²) in [6.07, 6.45) is 0. The second-order valence-corrected chi connectivity index (χ2v) is 6.16. The summed E-state index contributed by atoms with van der Waals surface area (Å²) in [7, 11) is 0. The first-order valence-corrected chi connectivity index (χ1v) is 6.95. The Morgan fingerprint density at radius 3 is 2.78 bits per heavy atom. The summed E-state index contributed by atoms with van der Waals surface area (Å²) >= 11 is 5.05. The Hall–Kier alpha value is -1.40. The van der Waals surface area contributed by atoms with Crippen molar-refractivity contribution < 1.29 is 4.92 Å². The van der Waals surface area contributed by atoms with E-state index in [4.69, 9.17) is 0 Å². The minimum atomic E-state index is -0.366. The topological polar surface area (TPSA) is 55.2 Å². The van der Waals surface area contributed by atoms with Crippen LogP contribution in [0, 0.1) is 17.0 Å². The minimum absolute atomic E-state index is 0.152. The van der Waals surface area contributed by atoms with E-state index in [0.717, 1.165) is 9.47 Å². The SMILES string of the molecule is Cc1cc(NCc2csc(Br)c2)ccc1[N+](=O)[O-]. The number of hydrogen-bond donors (Lipinski definition) is 1. The molecule has 94 valence electrons. The molecule has 1 N–H and O–H groups in total. The van der Waals surface area contributed by atoms with Crippen LogP contribution in [0.25, 0.3) is 0 Å². The number of benzene rings is 1. The molecule has 0 saturated heterocycles. The molecule has 0 aliphatic rings. The van der Waals surface area contributed by atoms with E-state index in [9.17, 15) is 10.1 Å². The summed E-state index contributed by atoms with van der Waals surface area (Å²) in [6, 6.07) is 7.10. The van der Waals surface area contributed by atoms with Gasteiger partial charge in [-0.3, -0.25) is 10.1 Å². The van der Waals surface area contributed by atoms with Gasteiger partial charge in [0.25, 0.3) is 5.69 Å². The first-order chi connectivity index (χ1) is 8.56. The maximum absolute atomic E-state index is 10.7. The fourth-order valence-corrected chi connectivity index (χ4v) is 2.82. The number of anilines is 1. The predicted molar refractivity (Wildman–Crippen MR) is 77.2 cm³/mol. The Labute approximate surface area is 117 Å². The summed E-state index contributed by atoms with van der Waals surface area (Å²) in [6.45, 7) is 2.45. The number of nitrogens with zero attached hydrogens (tertiary/aromatic N) is 1. The Bertz CT molecular complexity index is 583. The second kappa shape index (κ2) is 5.49. The molecule has 2 rings (SSSR count). The number of nitrogens with one attached hydrogen (secondary N) is 1. The molecule has 0 atom stereocenters. The van der Waals surface area contributed by atoms with Gasteiger partial charge in [0.2, 0.25) is 0 Å². The van der Waals surface area contributed by atoms with Gasteiger partial charge < -0.3 is 5.32 Å². The number of thiophene rings is 1. The Balaban J connectivity index is 2.06. The molecular formula is C12H11BrN2O2S. The average Bonchev–Trinajstić information content (AvgIpc) is 2.72. The molecule has 0 fully saturated rings. The zero-order chi connectivity index (χ0) is 13.1. The summed E-state index contributed by atoms with van der Waals surface area (Å²) in [4.78, 5) is 10.3.